The van der Waals surface area contributed by atoms with Gasteiger partial charge in [0.1, 0.15) is 5.56 Å². The van der Waals surface area contributed by atoms with Gasteiger partial charge >= 0.3 is 0 Å². The number of carbonyl (C=O) groups excluding carboxylic acids is 2. The first-order valence-electron chi connectivity index (χ1n) is 7.85. The normalized spacial score (nSPS) is 14.4. The van der Waals surface area contributed by atoms with E-state index in [2.05, 4.69) is 0 Å². The van der Waals surface area contributed by atoms with E-state index in [1.807, 2.05) is 11.4 Å². The molecule has 0 atom stereocenters. The van der Waals surface area contributed by atoms with Crippen LogP contribution >= 0.6 is 11.3 Å². The summed E-state index contributed by atoms with van der Waals surface area (Å²) in [6.45, 7) is 3.18. The topological polar surface area (TPSA) is 83.8 Å². The Morgan fingerprint density at radius 2 is 1.68 bits per heavy atom. The van der Waals surface area contributed by atoms with Gasteiger partial charge in [0.25, 0.3) is 17.5 Å². The molecule has 1 fully saturated rings. The highest BCUT2D eigenvalue weighted by atomic mass is 32.1. The van der Waals surface area contributed by atoms with Crippen LogP contribution in [-0.4, -0.2) is 52.7 Å². The summed E-state index contributed by atoms with van der Waals surface area (Å²) >= 11 is 1.39. The molecule has 2 amide bonds. The largest absolute Gasteiger partial charge is 0.335 e. The Morgan fingerprint density at radius 3 is 2.24 bits per heavy atom. The van der Waals surface area contributed by atoms with Gasteiger partial charge < -0.3 is 9.80 Å². The molecule has 0 spiro atoms. The fourth-order valence-electron chi connectivity index (χ4n) is 2.91. The Balaban J connectivity index is 1.71. The second kappa shape index (κ2) is 7.02. The van der Waals surface area contributed by atoms with Gasteiger partial charge in [-0.15, -0.1) is 11.3 Å². The van der Waals surface area contributed by atoms with E-state index >= 15 is 0 Å². The summed E-state index contributed by atoms with van der Waals surface area (Å²) in [7, 11) is 0. The van der Waals surface area contributed by atoms with E-state index in [1.54, 1.807) is 34.9 Å². The number of para-hydroxylation sites is 1. The second-order valence-electron chi connectivity index (χ2n) is 5.79. The molecule has 0 saturated carbocycles. The maximum Gasteiger partial charge on any atom is 0.285 e. The number of rotatable bonds is 3. The molecule has 1 aromatic carbocycles. The Kier molecular flexibility index (Phi) is 4.80. The van der Waals surface area contributed by atoms with Crippen LogP contribution in [0.2, 0.25) is 0 Å². The SMILES string of the molecule is Cc1cccc(C(=O)N2CCN(C(=O)c3cccs3)CC2)c1[N+](=O)[O-]. The number of thiophene rings is 1. The quantitative estimate of drug-likeness (QED) is 0.623. The van der Waals surface area contributed by atoms with Crippen molar-refractivity contribution in [1.82, 2.24) is 9.80 Å². The number of hydrogen-bond donors (Lipinski definition) is 0. The minimum Gasteiger partial charge on any atom is -0.335 e. The van der Waals surface area contributed by atoms with E-state index in [1.165, 1.54) is 17.4 Å². The first kappa shape index (κ1) is 17.1. The number of aryl methyl sites for hydroxylation is 1. The maximum atomic E-state index is 12.7. The number of carbonyl (C=O) groups is 2. The molecule has 2 aromatic rings. The van der Waals surface area contributed by atoms with Crippen LogP contribution in [0.15, 0.2) is 35.7 Å². The lowest BCUT2D eigenvalue weighted by Gasteiger charge is -2.34. The predicted octanol–water partition coefficient (Wildman–Crippen LogP) is 2.56. The van der Waals surface area contributed by atoms with Gasteiger partial charge in [-0.1, -0.05) is 18.2 Å². The van der Waals surface area contributed by atoms with Crippen molar-refractivity contribution in [2.75, 3.05) is 26.2 Å². The molecule has 130 valence electrons. The summed E-state index contributed by atoms with van der Waals surface area (Å²) < 4.78 is 0. The molecule has 1 saturated heterocycles. The number of nitrogens with zero attached hydrogens (tertiary/aromatic N) is 3. The number of nitro groups is 1. The van der Waals surface area contributed by atoms with E-state index in [9.17, 15) is 19.7 Å². The zero-order chi connectivity index (χ0) is 18.0. The van der Waals surface area contributed by atoms with Crippen molar-refractivity contribution in [1.29, 1.82) is 0 Å². The third-order valence-electron chi connectivity index (χ3n) is 4.24. The standard InChI is InChI=1S/C17H17N3O4S/c1-12-4-2-5-13(15(12)20(23)24)16(21)18-7-9-19(10-8-18)17(22)14-6-3-11-25-14/h2-6,11H,7-10H2,1H3. The summed E-state index contributed by atoms with van der Waals surface area (Å²) in [5.74, 6) is -0.401. The molecular weight excluding hydrogens is 342 g/mol. The van der Waals surface area contributed by atoms with Crippen LogP contribution in [0, 0.1) is 17.0 Å². The molecule has 8 heteroatoms. The van der Waals surface area contributed by atoms with Crippen LogP contribution in [0.25, 0.3) is 0 Å². The predicted molar refractivity (Wildman–Crippen MR) is 94.0 cm³/mol. The average Bonchev–Trinajstić information content (AvgIpc) is 3.14. The van der Waals surface area contributed by atoms with Crippen molar-refractivity contribution in [2.24, 2.45) is 0 Å². The van der Waals surface area contributed by atoms with Gasteiger partial charge in [0.2, 0.25) is 0 Å². The van der Waals surface area contributed by atoms with Gasteiger partial charge in [-0.3, -0.25) is 19.7 Å². The van der Waals surface area contributed by atoms with Crippen LogP contribution in [0.4, 0.5) is 5.69 Å². The van der Waals surface area contributed by atoms with Crippen molar-refractivity contribution in [3.05, 3.63) is 61.8 Å². The summed E-state index contributed by atoms with van der Waals surface area (Å²) in [5.41, 5.74) is 0.412. The highest BCUT2D eigenvalue weighted by Crippen LogP contribution is 2.25. The lowest BCUT2D eigenvalue weighted by atomic mass is 10.1. The van der Waals surface area contributed by atoms with E-state index in [0.29, 0.717) is 36.6 Å². The minimum absolute atomic E-state index is 0.0383. The molecule has 0 unspecified atom stereocenters. The maximum absolute atomic E-state index is 12.7. The van der Waals surface area contributed by atoms with Crippen LogP contribution in [-0.2, 0) is 0 Å². The molecule has 0 radical (unpaired) electrons. The Morgan fingerprint density at radius 1 is 1.04 bits per heavy atom. The molecule has 0 bridgehead atoms. The molecule has 3 rings (SSSR count). The highest BCUT2D eigenvalue weighted by molar-refractivity contribution is 7.12. The number of hydrogen-bond acceptors (Lipinski definition) is 5. The number of benzene rings is 1. The van der Waals surface area contributed by atoms with Gasteiger partial charge in [0, 0.05) is 31.7 Å². The van der Waals surface area contributed by atoms with E-state index in [0.717, 1.165) is 0 Å². The van der Waals surface area contributed by atoms with Crippen LogP contribution < -0.4 is 0 Å². The zero-order valence-corrected chi connectivity index (χ0v) is 14.5. The molecule has 7 nitrogen and oxygen atoms in total. The van der Waals surface area contributed by atoms with E-state index < -0.39 is 4.92 Å². The molecular formula is C17H17N3O4S. The van der Waals surface area contributed by atoms with Gasteiger partial charge in [0.05, 0.1) is 9.80 Å². The zero-order valence-electron chi connectivity index (χ0n) is 13.7. The van der Waals surface area contributed by atoms with Gasteiger partial charge in [-0.25, -0.2) is 0 Å². The van der Waals surface area contributed by atoms with Gasteiger partial charge in [-0.2, -0.15) is 0 Å². The van der Waals surface area contributed by atoms with Crippen molar-refractivity contribution >= 4 is 28.8 Å². The average molecular weight is 359 g/mol. The molecule has 1 aliphatic heterocycles. The molecule has 0 N–H and O–H groups in total. The van der Waals surface area contributed by atoms with Crippen LogP contribution in [0.3, 0.4) is 0 Å². The first-order valence-corrected chi connectivity index (χ1v) is 8.73. The Labute approximate surface area is 148 Å². The third-order valence-corrected chi connectivity index (χ3v) is 5.09. The fourth-order valence-corrected chi connectivity index (χ4v) is 3.60. The summed E-state index contributed by atoms with van der Waals surface area (Å²) in [5, 5.41) is 13.1. The van der Waals surface area contributed by atoms with Crippen LogP contribution in [0.5, 0.6) is 0 Å². The number of nitro benzene ring substituents is 1. The molecule has 1 aromatic heterocycles. The molecule has 2 heterocycles. The lowest BCUT2D eigenvalue weighted by molar-refractivity contribution is -0.385. The Bertz CT molecular complexity index is 811. The monoisotopic (exact) mass is 359 g/mol. The summed E-state index contributed by atoms with van der Waals surface area (Å²) in [6, 6.07) is 8.35. The molecule has 1 aliphatic rings. The van der Waals surface area contributed by atoms with E-state index in [4.69, 9.17) is 0 Å². The smallest absolute Gasteiger partial charge is 0.285 e. The van der Waals surface area contributed by atoms with Crippen molar-refractivity contribution in [2.45, 2.75) is 6.92 Å². The minimum atomic E-state index is -0.515. The lowest BCUT2D eigenvalue weighted by Crippen LogP contribution is -2.50. The van der Waals surface area contributed by atoms with Crippen molar-refractivity contribution in [3.63, 3.8) is 0 Å². The van der Waals surface area contributed by atoms with E-state index in [-0.39, 0.29) is 23.1 Å². The van der Waals surface area contributed by atoms with Gasteiger partial charge in [0.15, 0.2) is 0 Å². The van der Waals surface area contributed by atoms with Crippen LogP contribution in [0.1, 0.15) is 25.6 Å². The van der Waals surface area contributed by atoms with Gasteiger partial charge in [-0.05, 0) is 24.4 Å². The highest BCUT2D eigenvalue weighted by Gasteiger charge is 2.30. The van der Waals surface area contributed by atoms with Crippen molar-refractivity contribution < 1.29 is 14.5 Å². The van der Waals surface area contributed by atoms with Crippen molar-refractivity contribution in [3.8, 4) is 0 Å². The third kappa shape index (κ3) is 3.39. The summed E-state index contributed by atoms with van der Waals surface area (Å²) in [4.78, 5) is 39.8. The first-order chi connectivity index (χ1) is 12.0. The number of amides is 2. The number of piperazine rings is 1. The summed E-state index contributed by atoms with van der Waals surface area (Å²) in [6.07, 6.45) is 0. The molecule has 0 aliphatic carbocycles. The molecule has 25 heavy (non-hydrogen) atoms. The fraction of sp³-hybridized carbons (Fsp3) is 0.294. The Hall–Kier alpha value is -2.74. The second-order valence-corrected chi connectivity index (χ2v) is 6.74.